The minimum Gasteiger partial charge on any atom is -0.325 e. The van der Waals surface area contributed by atoms with Gasteiger partial charge in [-0.2, -0.15) is 0 Å². The van der Waals surface area contributed by atoms with Crippen molar-refractivity contribution in [3.05, 3.63) is 58.6 Å². The minimum absolute atomic E-state index is 0.0782. The topological polar surface area (TPSA) is 66.5 Å². The number of halogens is 1. The molecule has 0 bridgehead atoms. The van der Waals surface area contributed by atoms with Crippen LogP contribution in [-0.4, -0.2) is 24.1 Å². The molecule has 124 valence electrons. The number of carbonyl (C=O) groups excluding carboxylic acids is 3. The highest BCUT2D eigenvalue weighted by atomic mass is 79.9. The lowest BCUT2D eigenvalue weighted by molar-refractivity contribution is -0.120. The number of anilines is 2. The summed E-state index contributed by atoms with van der Waals surface area (Å²) in [4.78, 5) is 36.9. The lowest BCUT2D eigenvalue weighted by atomic mass is 10.1. The zero-order valence-corrected chi connectivity index (χ0v) is 15.0. The number of rotatable bonds is 5. The molecule has 2 amide bonds. The van der Waals surface area contributed by atoms with Crippen molar-refractivity contribution in [1.82, 2.24) is 0 Å². The quantitative estimate of drug-likeness (QED) is 0.794. The van der Waals surface area contributed by atoms with Crippen LogP contribution in [0.2, 0.25) is 0 Å². The summed E-state index contributed by atoms with van der Waals surface area (Å²) in [5.41, 5.74) is 1.66. The normalized spacial score (nSPS) is 10.1. The standard InChI is InChI=1S/C18H17BrN2O3/c1-12(22)14-5-3-7-16(9-14)20-18(24)11-21(13(2)23)17-8-4-6-15(19)10-17/h3-10H,11H2,1-2H3,(H,20,24). The Morgan fingerprint density at radius 3 is 2.38 bits per heavy atom. The van der Waals surface area contributed by atoms with E-state index in [1.807, 2.05) is 6.07 Å². The molecule has 6 heteroatoms. The number of nitrogens with zero attached hydrogens (tertiary/aromatic N) is 1. The fourth-order valence-corrected chi connectivity index (χ4v) is 2.58. The molecule has 0 saturated carbocycles. The number of carbonyl (C=O) groups is 3. The van der Waals surface area contributed by atoms with Crippen LogP contribution in [0.3, 0.4) is 0 Å². The van der Waals surface area contributed by atoms with E-state index in [4.69, 9.17) is 0 Å². The first-order valence-electron chi connectivity index (χ1n) is 7.31. The van der Waals surface area contributed by atoms with Crippen molar-refractivity contribution in [2.45, 2.75) is 13.8 Å². The largest absolute Gasteiger partial charge is 0.325 e. The molecule has 0 aliphatic heterocycles. The second-order valence-electron chi connectivity index (χ2n) is 5.27. The van der Waals surface area contributed by atoms with Gasteiger partial charge in [-0.3, -0.25) is 14.4 Å². The van der Waals surface area contributed by atoms with E-state index in [2.05, 4.69) is 21.2 Å². The van der Waals surface area contributed by atoms with Crippen LogP contribution in [0.15, 0.2) is 53.0 Å². The van der Waals surface area contributed by atoms with Gasteiger partial charge in [-0.1, -0.05) is 34.1 Å². The Kier molecular flexibility index (Phi) is 5.87. The van der Waals surface area contributed by atoms with Crippen molar-refractivity contribution in [2.24, 2.45) is 0 Å². The molecule has 0 aromatic heterocycles. The third kappa shape index (κ3) is 4.76. The molecule has 0 radical (unpaired) electrons. The molecule has 0 fully saturated rings. The second-order valence-corrected chi connectivity index (χ2v) is 6.19. The number of nitrogens with one attached hydrogen (secondary N) is 1. The summed E-state index contributed by atoms with van der Waals surface area (Å²) in [5, 5.41) is 2.71. The number of benzene rings is 2. The zero-order valence-electron chi connectivity index (χ0n) is 13.4. The third-order valence-electron chi connectivity index (χ3n) is 3.35. The first-order valence-corrected chi connectivity index (χ1v) is 8.10. The van der Waals surface area contributed by atoms with Gasteiger partial charge >= 0.3 is 0 Å². The van der Waals surface area contributed by atoms with Crippen molar-refractivity contribution in [3.63, 3.8) is 0 Å². The van der Waals surface area contributed by atoms with Crippen molar-refractivity contribution in [2.75, 3.05) is 16.8 Å². The van der Waals surface area contributed by atoms with E-state index in [1.54, 1.807) is 42.5 Å². The van der Waals surface area contributed by atoms with Gasteiger partial charge in [0.2, 0.25) is 11.8 Å². The van der Waals surface area contributed by atoms with Gasteiger partial charge in [0, 0.05) is 28.3 Å². The summed E-state index contributed by atoms with van der Waals surface area (Å²) in [7, 11) is 0. The maximum absolute atomic E-state index is 12.3. The van der Waals surface area contributed by atoms with Gasteiger partial charge in [-0.25, -0.2) is 0 Å². The molecule has 0 heterocycles. The first-order chi connectivity index (χ1) is 11.4. The number of Topliss-reactive ketones (excluding diaryl/α,β-unsaturated/α-hetero) is 1. The van der Waals surface area contributed by atoms with Crippen molar-refractivity contribution < 1.29 is 14.4 Å². The van der Waals surface area contributed by atoms with Gasteiger partial charge < -0.3 is 10.2 Å². The van der Waals surface area contributed by atoms with Crippen LogP contribution in [-0.2, 0) is 9.59 Å². The van der Waals surface area contributed by atoms with Crippen LogP contribution in [0.1, 0.15) is 24.2 Å². The smallest absolute Gasteiger partial charge is 0.244 e. The molecule has 0 aliphatic carbocycles. The van der Waals surface area contributed by atoms with E-state index in [-0.39, 0.29) is 24.1 Å². The Labute approximate surface area is 148 Å². The molecule has 0 saturated heterocycles. The molecule has 0 spiro atoms. The first kappa shape index (κ1) is 17.9. The Hall–Kier alpha value is -2.47. The molecular weight excluding hydrogens is 372 g/mol. The summed E-state index contributed by atoms with van der Waals surface area (Å²) < 4.78 is 0.820. The van der Waals surface area contributed by atoms with Crippen molar-refractivity contribution in [1.29, 1.82) is 0 Å². The molecule has 2 aromatic rings. The highest BCUT2D eigenvalue weighted by molar-refractivity contribution is 9.10. The molecular formula is C18H17BrN2O3. The second kappa shape index (κ2) is 7.88. The zero-order chi connectivity index (χ0) is 17.7. The van der Waals surface area contributed by atoms with Crippen LogP contribution in [0, 0.1) is 0 Å². The number of hydrogen-bond acceptors (Lipinski definition) is 3. The van der Waals surface area contributed by atoms with E-state index in [0.29, 0.717) is 16.9 Å². The molecule has 2 rings (SSSR count). The van der Waals surface area contributed by atoms with Crippen LogP contribution >= 0.6 is 15.9 Å². The predicted octanol–water partition coefficient (Wildman–Crippen LogP) is 3.64. The van der Waals surface area contributed by atoms with Crippen LogP contribution in [0.5, 0.6) is 0 Å². The molecule has 0 atom stereocenters. The van der Waals surface area contributed by atoms with Gasteiger partial charge in [0.15, 0.2) is 5.78 Å². The average Bonchev–Trinajstić information content (AvgIpc) is 2.52. The lowest BCUT2D eigenvalue weighted by Gasteiger charge is -2.21. The fraction of sp³-hybridized carbons (Fsp3) is 0.167. The molecule has 1 N–H and O–H groups in total. The van der Waals surface area contributed by atoms with Gasteiger partial charge in [0.05, 0.1) is 0 Å². The maximum atomic E-state index is 12.3. The predicted molar refractivity (Wildman–Crippen MR) is 97.2 cm³/mol. The SMILES string of the molecule is CC(=O)c1cccc(NC(=O)CN(C(C)=O)c2cccc(Br)c2)c1. The van der Waals surface area contributed by atoms with Crippen LogP contribution < -0.4 is 10.2 Å². The van der Waals surface area contributed by atoms with E-state index in [0.717, 1.165) is 4.47 Å². The van der Waals surface area contributed by atoms with Gasteiger partial charge in [0.25, 0.3) is 0 Å². The molecule has 0 aliphatic rings. The maximum Gasteiger partial charge on any atom is 0.244 e. The average molecular weight is 389 g/mol. The van der Waals surface area contributed by atoms with Crippen LogP contribution in [0.4, 0.5) is 11.4 Å². The summed E-state index contributed by atoms with van der Waals surface area (Å²) >= 11 is 3.35. The number of hydrogen-bond donors (Lipinski definition) is 1. The number of ketones is 1. The minimum atomic E-state index is -0.342. The summed E-state index contributed by atoms with van der Waals surface area (Å²) in [6.45, 7) is 2.76. The molecule has 0 unspecified atom stereocenters. The van der Waals surface area contributed by atoms with Gasteiger partial charge in [0.1, 0.15) is 6.54 Å². The molecule has 2 aromatic carbocycles. The Bertz CT molecular complexity index is 789. The van der Waals surface area contributed by atoms with Crippen LogP contribution in [0.25, 0.3) is 0 Å². The van der Waals surface area contributed by atoms with Crippen molar-refractivity contribution in [3.8, 4) is 0 Å². The van der Waals surface area contributed by atoms with Gasteiger partial charge in [-0.05, 0) is 37.3 Å². The van der Waals surface area contributed by atoms with Gasteiger partial charge in [-0.15, -0.1) is 0 Å². The Morgan fingerprint density at radius 2 is 1.75 bits per heavy atom. The highest BCUT2D eigenvalue weighted by Crippen LogP contribution is 2.20. The Morgan fingerprint density at radius 1 is 1.04 bits per heavy atom. The van der Waals surface area contributed by atoms with E-state index in [1.165, 1.54) is 18.7 Å². The number of amides is 2. The van der Waals surface area contributed by atoms with E-state index in [9.17, 15) is 14.4 Å². The summed E-state index contributed by atoms with van der Waals surface area (Å²) in [6.07, 6.45) is 0. The molecule has 24 heavy (non-hydrogen) atoms. The van der Waals surface area contributed by atoms with E-state index >= 15 is 0 Å². The monoisotopic (exact) mass is 388 g/mol. The molecule has 5 nitrogen and oxygen atoms in total. The fourth-order valence-electron chi connectivity index (χ4n) is 2.19. The summed E-state index contributed by atoms with van der Waals surface area (Å²) in [6, 6.07) is 13.9. The Balaban J connectivity index is 2.13. The highest BCUT2D eigenvalue weighted by Gasteiger charge is 2.16. The summed E-state index contributed by atoms with van der Waals surface area (Å²) in [5.74, 6) is -0.655. The van der Waals surface area contributed by atoms with Crippen molar-refractivity contribution >= 4 is 44.9 Å². The van der Waals surface area contributed by atoms with E-state index < -0.39 is 0 Å². The third-order valence-corrected chi connectivity index (χ3v) is 3.85. The lowest BCUT2D eigenvalue weighted by Crippen LogP contribution is -2.36.